The predicted molar refractivity (Wildman–Crippen MR) is 59.0 cm³/mol. The molecule has 0 radical (unpaired) electrons. The van der Waals surface area contributed by atoms with Crippen LogP contribution in [0.4, 0.5) is 0 Å². The number of pyridine rings is 1. The molecule has 0 aliphatic rings. The molecule has 2 heterocycles. The first-order chi connectivity index (χ1) is 7.70. The maximum Gasteiger partial charge on any atom is 0.258 e. The van der Waals surface area contributed by atoms with E-state index in [1.165, 1.54) is 10.5 Å². The van der Waals surface area contributed by atoms with Crippen LogP contribution in [-0.4, -0.2) is 9.38 Å². The van der Waals surface area contributed by atoms with Crippen molar-refractivity contribution in [1.29, 1.82) is 0 Å². The highest BCUT2D eigenvalue weighted by atomic mass is 16.1. The molecule has 0 bridgehead atoms. The van der Waals surface area contributed by atoms with E-state index in [9.17, 15) is 4.79 Å². The molecule has 2 aromatic heterocycles. The van der Waals surface area contributed by atoms with Gasteiger partial charge in [-0.2, -0.15) is 0 Å². The highest BCUT2D eigenvalue weighted by Crippen LogP contribution is 2.03. The Kier molecular flexibility index (Phi) is 2.57. The normalized spacial score (nSPS) is 10.1. The maximum atomic E-state index is 11.7. The van der Waals surface area contributed by atoms with E-state index in [-0.39, 0.29) is 12.1 Å². The minimum Gasteiger partial charge on any atom is -0.269 e. The van der Waals surface area contributed by atoms with E-state index < -0.39 is 0 Å². The zero-order chi connectivity index (χ0) is 11.5. The summed E-state index contributed by atoms with van der Waals surface area (Å²) in [6.07, 6.45) is 1.72. The molecule has 6 heteroatoms. The molecule has 0 aromatic carbocycles. The second kappa shape index (κ2) is 4.04. The molecule has 0 unspecified atom stereocenters. The van der Waals surface area contributed by atoms with Crippen molar-refractivity contribution in [2.75, 3.05) is 0 Å². The first kappa shape index (κ1) is 10.2. The van der Waals surface area contributed by atoms with E-state index in [0.29, 0.717) is 11.3 Å². The molecule has 0 amide bonds. The van der Waals surface area contributed by atoms with Crippen molar-refractivity contribution in [3.63, 3.8) is 0 Å². The first-order valence-corrected chi connectivity index (χ1v) is 4.70. The van der Waals surface area contributed by atoms with Gasteiger partial charge in [0.25, 0.3) is 5.56 Å². The number of azide groups is 1. The van der Waals surface area contributed by atoms with Crippen LogP contribution in [0, 0.1) is 6.92 Å². The second-order valence-electron chi connectivity index (χ2n) is 3.41. The number of hydrogen-bond acceptors (Lipinski definition) is 3. The smallest absolute Gasteiger partial charge is 0.258 e. The molecule has 0 atom stereocenters. The van der Waals surface area contributed by atoms with Crippen LogP contribution in [0.15, 0.2) is 34.3 Å². The number of nitrogens with zero attached hydrogens (tertiary/aromatic N) is 5. The summed E-state index contributed by atoms with van der Waals surface area (Å²) < 4.78 is 1.47. The fourth-order valence-electron chi connectivity index (χ4n) is 1.44. The van der Waals surface area contributed by atoms with Crippen molar-refractivity contribution in [1.82, 2.24) is 9.38 Å². The summed E-state index contributed by atoms with van der Waals surface area (Å²) >= 11 is 0. The summed E-state index contributed by atoms with van der Waals surface area (Å²) in [7, 11) is 0. The van der Waals surface area contributed by atoms with Gasteiger partial charge in [-0.3, -0.25) is 9.20 Å². The first-order valence-electron chi connectivity index (χ1n) is 4.70. The average Bonchev–Trinajstić information content (AvgIpc) is 2.27. The highest BCUT2D eigenvalue weighted by molar-refractivity contribution is 5.39. The Morgan fingerprint density at radius 3 is 3.12 bits per heavy atom. The van der Waals surface area contributed by atoms with Gasteiger partial charge in [-0.1, -0.05) is 11.2 Å². The van der Waals surface area contributed by atoms with Gasteiger partial charge in [0.05, 0.1) is 12.2 Å². The molecule has 0 fully saturated rings. The van der Waals surface area contributed by atoms with E-state index in [1.807, 2.05) is 13.0 Å². The van der Waals surface area contributed by atoms with Gasteiger partial charge in [0.2, 0.25) is 0 Å². The SMILES string of the molecule is Cc1ccc2nc(CN=[N+]=[N-])cc(=O)n2c1. The van der Waals surface area contributed by atoms with E-state index in [1.54, 1.807) is 12.3 Å². The topological polar surface area (TPSA) is 83.1 Å². The van der Waals surface area contributed by atoms with Gasteiger partial charge in [-0.25, -0.2) is 4.98 Å². The molecule has 2 rings (SSSR count). The predicted octanol–water partition coefficient (Wildman–Crippen LogP) is 1.81. The highest BCUT2D eigenvalue weighted by Gasteiger charge is 2.01. The van der Waals surface area contributed by atoms with E-state index in [0.717, 1.165) is 5.56 Å². The van der Waals surface area contributed by atoms with Gasteiger partial charge >= 0.3 is 0 Å². The van der Waals surface area contributed by atoms with Gasteiger partial charge < -0.3 is 0 Å². The van der Waals surface area contributed by atoms with Crippen molar-refractivity contribution in [2.24, 2.45) is 5.11 Å². The lowest BCUT2D eigenvalue weighted by Gasteiger charge is -2.02. The fraction of sp³-hybridized carbons (Fsp3) is 0.200. The summed E-state index contributed by atoms with van der Waals surface area (Å²) in [5.74, 6) is 0. The number of aryl methyl sites for hydroxylation is 1. The number of aromatic nitrogens is 2. The third-order valence-corrected chi connectivity index (χ3v) is 2.16. The summed E-state index contributed by atoms with van der Waals surface area (Å²) in [4.78, 5) is 18.5. The maximum absolute atomic E-state index is 11.7. The lowest BCUT2D eigenvalue weighted by atomic mass is 10.3. The average molecular weight is 215 g/mol. The minimum absolute atomic E-state index is 0.0934. The van der Waals surface area contributed by atoms with Crippen molar-refractivity contribution in [3.8, 4) is 0 Å². The van der Waals surface area contributed by atoms with Gasteiger partial charge in [0.15, 0.2) is 0 Å². The van der Waals surface area contributed by atoms with Crippen LogP contribution >= 0.6 is 0 Å². The fourth-order valence-corrected chi connectivity index (χ4v) is 1.44. The summed E-state index contributed by atoms with van der Waals surface area (Å²) in [6, 6.07) is 5.01. The molecule has 6 nitrogen and oxygen atoms in total. The van der Waals surface area contributed by atoms with Crippen LogP contribution in [0.3, 0.4) is 0 Å². The minimum atomic E-state index is -0.170. The van der Waals surface area contributed by atoms with Gasteiger partial charge in [-0.05, 0) is 24.1 Å². The molecular formula is C10H9N5O. The Balaban J connectivity index is 2.63. The van der Waals surface area contributed by atoms with Gasteiger partial charge in [-0.15, -0.1) is 0 Å². The van der Waals surface area contributed by atoms with Crippen LogP contribution in [0.5, 0.6) is 0 Å². The van der Waals surface area contributed by atoms with Crippen LogP contribution in [0.1, 0.15) is 11.3 Å². The quantitative estimate of drug-likeness (QED) is 0.434. The van der Waals surface area contributed by atoms with E-state index >= 15 is 0 Å². The molecule has 0 aliphatic carbocycles. The second-order valence-corrected chi connectivity index (χ2v) is 3.41. The summed E-state index contributed by atoms with van der Waals surface area (Å²) in [5.41, 5.74) is 10.0. The summed E-state index contributed by atoms with van der Waals surface area (Å²) in [5, 5.41) is 3.38. The molecule has 0 spiro atoms. The number of hydrogen-bond donors (Lipinski definition) is 0. The van der Waals surface area contributed by atoms with Gasteiger partial charge in [0.1, 0.15) is 5.65 Å². The van der Waals surface area contributed by atoms with Crippen LogP contribution in [0.25, 0.3) is 16.1 Å². The molecule has 0 saturated heterocycles. The van der Waals surface area contributed by atoms with E-state index in [4.69, 9.17) is 5.53 Å². The van der Waals surface area contributed by atoms with Crippen molar-refractivity contribution in [2.45, 2.75) is 13.5 Å². The summed E-state index contributed by atoms with van der Waals surface area (Å²) in [6.45, 7) is 2.00. The molecule has 2 aromatic rings. The van der Waals surface area contributed by atoms with Crippen molar-refractivity contribution < 1.29 is 0 Å². The molecule has 16 heavy (non-hydrogen) atoms. The van der Waals surface area contributed by atoms with Crippen LogP contribution < -0.4 is 5.56 Å². The Morgan fingerprint density at radius 1 is 1.56 bits per heavy atom. The number of fused-ring (bicyclic) bond motifs is 1. The van der Waals surface area contributed by atoms with Crippen molar-refractivity contribution in [3.05, 3.63) is 56.4 Å². The largest absolute Gasteiger partial charge is 0.269 e. The van der Waals surface area contributed by atoms with Crippen molar-refractivity contribution >= 4 is 5.65 Å². The standard InChI is InChI=1S/C10H9N5O/c1-7-2-3-9-13-8(5-12-14-11)4-10(16)15(9)6-7/h2-4,6H,5H2,1H3. The molecule has 0 N–H and O–H groups in total. The molecule has 0 aliphatic heterocycles. The number of rotatable bonds is 2. The van der Waals surface area contributed by atoms with Crippen LogP contribution in [0.2, 0.25) is 0 Å². The molecule has 80 valence electrons. The zero-order valence-corrected chi connectivity index (χ0v) is 8.66. The van der Waals surface area contributed by atoms with Gasteiger partial charge in [0, 0.05) is 17.2 Å². The third kappa shape index (κ3) is 1.87. The molecular weight excluding hydrogens is 206 g/mol. The lowest BCUT2D eigenvalue weighted by molar-refractivity contribution is 0.931. The Hall–Kier alpha value is -2.33. The lowest BCUT2D eigenvalue weighted by Crippen LogP contribution is -2.15. The Morgan fingerprint density at radius 2 is 2.38 bits per heavy atom. The Labute approximate surface area is 90.8 Å². The van der Waals surface area contributed by atoms with Crippen LogP contribution in [-0.2, 0) is 6.54 Å². The zero-order valence-electron chi connectivity index (χ0n) is 8.66. The molecule has 0 saturated carbocycles. The monoisotopic (exact) mass is 215 g/mol. The van der Waals surface area contributed by atoms with E-state index in [2.05, 4.69) is 15.0 Å². The third-order valence-electron chi connectivity index (χ3n) is 2.16. The Bertz CT molecular complexity index is 639.